The van der Waals surface area contributed by atoms with E-state index >= 15 is 0 Å². The maximum absolute atomic E-state index is 11.3. The summed E-state index contributed by atoms with van der Waals surface area (Å²) in [6.45, 7) is 7.95. The highest BCUT2D eigenvalue weighted by Crippen LogP contribution is 2.55. The summed E-state index contributed by atoms with van der Waals surface area (Å²) in [7, 11) is 0. The van der Waals surface area contributed by atoms with Gasteiger partial charge < -0.3 is 14.9 Å². The number of ether oxygens (including phenoxy) is 1. The van der Waals surface area contributed by atoms with Crippen LogP contribution < -0.4 is 0 Å². The summed E-state index contributed by atoms with van der Waals surface area (Å²) in [5.74, 6) is 0.332. The number of carbonyl (C=O) groups excluding carboxylic acids is 1. The standard InChI is InChI=1S/C17H30O4/c1-10(9-18)13-5-7-17(4)8-6-14(21-12(3)19)11(2)15(17)16(13)20/h10-11,13-16,18,20H,5-9H2,1-4H3/t10-,11+,13+,14+,15-,16+,17+/m1/s1. The molecule has 2 rings (SSSR count). The Morgan fingerprint density at radius 2 is 2.00 bits per heavy atom. The number of carbonyl (C=O) groups is 1. The number of aliphatic hydroxyl groups excluding tert-OH is 2. The largest absolute Gasteiger partial charge is 0.462 e. The van der Waals surface area contributed by atoms with Gasteiger partial charge >= 0.3 is 5.97 Å². The summed E-state index contributed by atoms with van der Waals surface area (Å²) < 4.78 is 5.47. The Hall–Kier alpha value is -0.610. The van der Waals surface area contributed by atoms with Gasteiger partial charge in [-0.1, -0.05) is 20.8 Å². The van der Waals surface area contributed by atoms with Gasteiger partial charge in [-0.2, -0.15) is 0 Å². The van der Waals surface area contributed by atoms with Crippen LogP contribution in [0.4, 0.5) is 0 Å². The molecule has 2 aliphatic rings. The van der Waals surface area contributed by atoms with Gasteiger partial charge in [-0.25, -0.2) is 0 Å². The summed E-state index contributed by atoms with van der Waals surface area (Å²) in [6.07, 6.45) is 3.44. The third-order valence-electron chi connectivity index (χ3n) is 6.15. The van der Waals surface area contributed by atoms with E-state index in [1.54, 1.807) is 0 Å². The molecule has 0 radical (unpaired) electrons. The van der Waals surface area contributed by atoms with Crippen molar-refractivity contribution in [1.29, 1.82) is 0 Å². The molecule has 0 aromatic carbocycles. The van der Waals surface area contributed by atoms with Crippen LogP contribution in [0.15, 0.2) is 0 Å². The van der Waals surface area contributed by atoms with Gasteiger partial charge in [-0.05, 0) is 54.8 Å². The van der Waals surface area contributed by atoms with E-state index in [4.69, 9.17) is 4.74 Å². The first-order chi connectivity index (χ1) is 9.80. The van der Waals surface area contributed by atoms with Crippen molar-refractivity contribution in [2.24, 2.45) is 29.1 Å². The average molecular weight is 298 g/mol. The molecule has 2 aliphatic carbocycles. The van der Waals surface area contributed by atoms with E-state index in [9.17, 15) is 15.0 Å². The SMILES string of the molecule is CC(=O)O[C@H]1CC[C@]2(C)CC[C@@H]([C@H](C)CO)[C@H](O)[C@H]2[C@H]1C. The predicted molar refractivity (Wildman–Crippen MR) is 80.5 cm³/mol. The lowest BCUT2D eigenvalue weighted by Crippen LogP contribution is -2.55. The van der Waals surface area contributed by atoms with Gasteiger partial charge in [0.2, 0.25) is 0 Å². The highest BCUT2D eigenvalue weighted by molar-refractivity contribution is 5.66. The van der Waals surface area contributed by atoms with Gasteiger partial charge in [0.05, 0.1) is 6.10 Å². The van der Waals surface area contributed by atoms with Gasteiger partial charge in [0, 0.05) is 13.5 Å². The molecule has 0 bridgehead atoms. The smallest absolute Gasteiger partial charge is 0.302 e. The lowest BCUT2D eigenvalue weighted by Gasteiger charge is -2.55. The second kappa shape index (κ2) is 6.25. The minimum Gasteiger partial charge on any atom is -0.462 e. The number of rotatable bonds is 3. The Morgan fingerprint density at radius 3 is 2.57 bits per heavy atom. The molecule has 0 unspecified atom stereocenters. The van der Waals surface area contributed by atoms with Crippen molar-refractivity contribution < 1.29 is 19.7 Å². The summed E-state index contributed by atoms with van der Waals surface area (Å²) in [6, 6.07) is 0. The molecule has 4 heteroatoms. The highest BCUT2D eigenvalue weighted by Gasteiger charge is 2.53. The van der Waals surface area contributed by atoms with Crippen molar-refractivity contribution >= 4 is 5.97 Å². The van der Waals surface area contributed by atoms with Gasteiger partial charge in [-0.15, -0.1) is 0 Å². The monoisotopic (exact) mass is 298 g/mol. The Labute approximate surface area is 127 Å². The molecule has 2 fully saturated rings. The quantitative estimate of drug-likeness (QED) is 0.785. The second-order valence-electron chi connectivity index (χ2n) is 7.58. The van der Waals surface area contributed by atoms with Crippen LogP contribution in [-0.4, -0.2) is 35.0 Å². The number of aliphatic hydroxyl groups is 2. The van der Waals surface area contributed by atoms with E-state index < -0.39 is 6.10 Å². The fraction of sp³-hybridized carbons (Fsp3) is 0.941. The topological polar surface area (TPSA) is 66.8 Å². The fourth-order valence-electron chi connectivity index (χ4n) is 4.85. The van der Waals surface area contributed by atoms with Crippen molar-refractivity contribution in [1.82, 2.24) is 0 Å². The zero-order valence-electron chi connectivity index (χ0n) is 13.7. The van der Waals surface area contributed by atoms with Crippen LogP contribution in [0.1, 0.15) is 53.4 Å². The van der Waals surface area contributed by atoms with E-state index in [0.717, 1.165) is 25.7 Å². The van der Waals surface area contributed by atoms with Crippen LogP contribution in [0, 0.1) is 29.1 Å². The van der Waals surface area contributed by atoms with Crippen molar-refractivity contribution in [2.75, 3.05) is 6.61 Å². The maximum atomic E-state index is 11.3. The Morgan fingerprint density at radius 1 is 1.38 bits per heavy atom. The molecule has 2 saturated carbocycles. The van der Waals surface area contributed by atoms with Gasteiger partial charge in [0.1, 0.15) is 6.10 Å². The van der Waals surface area contributed by atoms with Crippen LogP contribution in [0.5, 0.6) is 0 Å². The number of fused-ring (bicyclic) bond motifs is 1. The molecule has 2 N–H and O–H groups in total. The number of hydrogen-bond donors (Lipinski definition) is 2. The minimum atomic E-state index is -0.417. The molecule has 7 atom stereocenters. The van der Waals surface area contributed by atoms with E-state index in [0.29, 0.717) is 0 Å². The third-order valence-corrected chi connectivity index (χ3v) is 6.15. The maximum Gasteiger partial charge on any atom is 0.302 e. The van der Waals surface area contributed by atoms with Crippen molar-refractivity contribution in [3.63, 3.8) is 0 Å². The Kier molecular flexibility index (Phi) is 4.99. The van der Waals surface area contributed by atoms with Gasteiger partial charge in [0.15, 0.2) is 0 Å². The summed E-state index contributed by atoms with van der Waals surface area (Å²) in [5, 5.41) is 20.3. The zero-order valence-corrected chi connectivity index (χ0v) is 13.7. The lowest BCUT2D eigenvalue weighted by atomic mass is 9.52. The van der Waals surface area contributed by atoms with Crippen LogP contribution in [0.3, 0.4) is 0 Å². The molecule has 4 nitrogen and oxygen atoms in total. The molecule has 21 heavy (non-hydrogen) atoms. The molecule has 122 valence electrons. The fourth-order valence-corrected chi connectivity index (χ4v) is 4.85. The molecular weight excluding hydrogens is 268 g/mol. The molecular formula is C17H30O4. The first-order valence-corrected chi connectivity index (χ1v) is 8.26. The zero-order chi connectivity index (χ0) is 15.8. The second-order valence-corrected chi connectivity index (χ2v) is 7.58. The molecule has 0 aromatic rings. The third kappa shape index (κ3) is 3.11. The summed E-state index contributed by atoms with van der Waals surface area (Å²) >= 11 is 0. The highest BCUT2D eigenvalue weighted by atomic mass is 16.5. The first-order valence-electron chi connectivity index (χ1n) is 8.26. The van der Waals surface area contributed by atoms with Crippen LogP contribution in [0.25, 0.3) is 0 Å². The van der Waals surface area contributed by atoms with E-state index in [2.05, 4.69) is 13.8 Å². The Bertz CT molecular complexity index is 383. The van der Waals surface area contributed by atoms with E-state index in [1.807, 2.05) is 6.92 Å². The van der Waals surface area contributed by atoms with Crippen LogP contribution in [0.2, 0.25) is 0 Å². The van der Waals surface area contributed by atoms with Gasteiger partial charge in [-0.3, -0.25) is 4.79 Å². The lowest BCUT2D eigenvalue weighted by molar-refractivity contribution is -0.174. The molecule has 0 aromatic heterocycles. The van der Waals surface area contributed by atoms with Crippen molar-refractivity contribution in [2.45, 2.75) is 65.6 Å². The minimum absolute atomic E-state index is 0.0848. The summed E-state index contributed by atoms with van der Waals surface area (Å²) in [5.41, 5.74) is 0.126. The predicted octanol–water partition coefficient (Wildman–Crippen LogP) is 2.37. The number of esters is 1. The molecule has 0 aliphatic heterocycles. The molecule has 0 saturated heterocycles. The van der Waals surface area contributed by atoms with E-state index in [-0.39, 0.29) is 47.8 Å². The molecule has 0 heterocycles. The van der Waals surface area contributed by atoms with Gasteiger partial charge in [0.25, 0.3) is 0 Å². The summed E-state index contributed by atoms with van der Waals surface area (Å²) in [4.78, 5) is 11.3. The normalized spacial score (nSPS) is 44.8. The first kappa shape index (κ1) is 16.8. The van der Waals surface area contributed by atoms with Crippen molar-refractivity contribution in [3.05, 3.63) is 0 Å². The van der Waals surface area contributed by atoms with E-state index in [1.165, 1.54) is 6.92 Å². The molecule has 0 spiro atoms. The number of hydrogen-bond acceptors (Lipinski definition) is 4. The van der Waals surface area contributed by atoms with Crippen molar-refractivity contribution in [3.8, 4) is 0 Å². The van der Waals surface area contributed by atoms with Crippen LogP contribution >= 0.6 is 0 Å². The molecule has 0 amide bonds. The Balaban J connectivity index is 2.19. The average Bonchev–Trinajstić information content (AvgIpc) is 2.41. The van der Waals surface area contributed by atoms with Crippen LogP contribution in [-0.2, 0) is 9.53 Å².